The average molecular weight is 323 g/mol. The summed E-state index contributed by atoms with van der Waals surface area (Å²) in [7, 11) is 1.96. The predicted octanol–water partition coefficient (Wildman–Crippen LogP) is 3.54. The van der Waals surface area contributed by atoms with Gasteiger partial charge in [0.15, 0.2) is 0 Å². The molecule has 1 amide bonds. The van der Waals surface area contributed by atoms with Gasteiger partial charge in [0.1, 0.15) is 0 Å². The number of aryl methyl sites for hydroxylation is 4. The molecule has 2 aromatic heterocycles. The number of H-pyrrole nitrogens is 1. The van der Waals surface area contributed by atoms with Gasteiger partial charge in [-0.05, 0) is 49.1 Å². The third-order valence-corrected chi connectivity index (χ3v) is 4.58. The van der Waals surface area contributed by atoms with Crippen LogP contribution in [0.25, 0.3) is 10.9 Å². The molecule has 126 valence electrons. The van der Waals surface area contributed by atoms with Crippen LogP contribution in [-0.2, 0) is 31.2 Å². The summed E-state index contributed by atoms with van der Waals surface area (Å²) in [5.74, 6) is 0.0508. The summed E-state index contributed by atoms with van der Waals surface area (Å²) in [5, 5.41) is 4.32. The Morgan fingerprint density at radius 3 is 2.75 bits per heavy atom. The van der Waals surface area contributed by atoms with Gasteiger partial charge in [0.25, 0.3) is 0 Å². The summed E-state index contributed by atoms with van der Waals surface area (Å²) in [6.45, 7) is 6.97. The van der Waals surface area contributed by atoms with Gasteiger partial charge in [-0.2, -0.15) is 0 Å². The van der Waals surface area contributed by atoms with E-state index in [0.717, 1.165) is 23.1 Å². The van der Waals surface area contributed by atoms with Crippen molar-refractivity contribution in [1.82, 2.24) is 14.9 Å². The molecule has 2 heterocycles. The van der Waals surface area contributed by atoms with Crippen LogP contribution in [0.3, 0.4) is 0 Å². The first kappa shape index (κ1) is 16.4. The summed E-state index contributed by atoms with van der Waals surface area (Å²) in [4.78, 5) is 15.7. The molecule has 2 N–H and O–H groups in total. The highest BCUT2D eigenvalue weighted by Crippen LogP contribution is 2.26. The lowest BCUT2D eigenvalue weighted by atomic mass is 10.0. The van der Waals surface area contributed by atoms with Crippen molar-refractivity contribution in [1.29, 1.82) is 0 Å². The normalized spacial score (nSPS) is 11.2. The number of hydrogen-bond donors (Lipinski definition) is 2. The molecule has 3 rings (SSSR count). The number of benzene rings is 1. The lowest BCUT2D eigenvalue weighted by Gasteiger charge is -2.08. The molecule has 0 bridgehead atoms. The third kappa shape index (κ3) is 3.23. The van der Waals surface area contributed by atoms with E-state index in [1.54, 1.807) is 0 Å². The van der Waals surface area contributed by atoms with E-state index in [0.29, 0.717) is 13.0 Å². The first-order chi connectivity index (χ1) is 11.5. The maximum atomic E-state index is 12.2. The highest BCUT2D eigenvalue weighted by Gasteiger charge is 2.12. The Kier molecular flexibility index (Phi) is 4.47. The van der Waals surface area contributed by atoms with Crippen LogP contribution in [0, 0.1) is 13.8 Å². The number of fused-ring (bicyclic) bond motifs is 1. The number of nitrogens with one attached hydrogen (secondary N) is 2. The van der Waals surface area contributed by atoms with E-state index in [2.05, 4.69) is 43.2 Å². The summed E-state index contributed by atoms with van der Waals surface area (Å²) >= 11 is 0. The Morgan fingerprint density at radius 1 is 1.29 bits per heavy atom. The number of carbonyl (C=O) groups excluding carboxylic acids is 1. The molecule has 3 aromatic rings. The lowest BCUT2D eigenvalue weighted by molar-refractivity contribution is -0.120. The Labute approximate surface area is 142 Å². The zero-order valence-corrected chi connectivity index (χ0v) is 14.9. The number of rotatable bonds is 5. The SMILES string of the molecule is CCc1[nH]c2c(CNC(=O)Cc3ccn(C)c3)cc(C)cc2c1C. The van der Waals surface area contributed by atoms with E-state index in [-0.39, 0.29) is 5.91 Å². The molecule has 0 aliphatic rings. The minimum Gasteiger partial charge on any atom is -0.358 e. The monoisotopic (exact) mass is 323 g/mol. The first-order valence-corrected chi connectivity index (χ1v) is 8.46. The fourth-order valence-electron chi connectivity index (χ4n) is 3.31. The third-order valence-electron chi connectivity index (χ3n) is 4.58. The standard InChI is InChI=1S/C20H25N3O/c1-5-18-14(3)17-9-13(2)8-16(20(17)22-18)11-21-19(24)10-15-6-7-23(4)12-15/h6-9,12,22H,5,10-11H2,1-4H3,(H,21,24). The number of carbonyl (C=O) groups is 1. The molecule has 24 heavy (non-hydrogen) atoms. The summed E-state index contributed by atoms with van der Waals surface area (Å²) in [6.07, 6.45) is 5.34. The van der Waals surface area contributed by atoms with Gasteiger partial charge in [0.2, 0.25) is 5.91 Å². The molecule has 4 heteroatoms. The van der Waals surface area contributed by atoms with Gasteiger partial charge in [0.05, 0.1) is 11.9 Å². The highest BCUT2D eigenvalue weighted by atomic mass is 16.1. The smallest absolute Gasteiger partial charge is 0.224 e. The highest BCUT2D eigenvalue weighted by molar-refractivity contribution is 5.88. The van der Waals surface area contributed by atoms with Gasteiger partial charge in [-0.25, -0.2) is 0 Å². The molecular formula is C20H25N3O. The molecule has 0 atom stereocenters. The van der Waals surface area contributed by atoms with Crippen molar-refractivity contribution in [3.05, 3.63) is 58.5 Å². The van der Waals surface area contributed by atoms with Crippen molar-refractivity contribution < 1.29 is 4.79 Å². The zero-order chi connectivity index (χ0) is 17.3. The van der Waals surface area contributed by atoms with E-state index < -0.39 is 0 Å². The number of aromatic amines is 1. The van der Waals surface area contributed by atoms with Crippen LogP contribution in [0.1, 0.15) is 34.9 Å². The second kappa shape index (κ2) is 6.56. The second-order valence-electron chi connectivity index (χ2n) is 6.57. The van der Waals surface area contributed by atoms with Crippen LogP contribution < -0.4 is 5.32 Å². The second-order valence-corrected chi connectivity index (χ2v) is 6.57. The Hall–Kier alpha value is -2.49. The van der Waals surface area contributed by atoms with Gasteiger partial charge in [0, 0.05) is 37.1 Å². The van der Waals surface area contributed by atoms with Crippen LogP contribution in [-0.4, -0.2) is 15.5 Å². The molecular weight excluding hydrogens is 298 g/mol. The maximum Gasteiger partial charge on any atom is 0.224 e. The number of amides is 1. The van der Waals surface area contributed by atoms with E-state index in [4.69, 9.17) is 0 Å². The lowest BCUT2D eigenvalue weighted by Crippen LogP contribution is -2.24. The van der Waals surface area contributed by atoms with Crippen molar-refractivity contribution in [2.24, 2.45) is 7.05 Å². The molecule has 0 fully saturated rings. The molecule has 0 saturated carbocycles. The molecule has 0 aliphatic carbocycles. The van der Waals surface area contributed by atoms with Crippen molar-refractivity contribution in [3.8, 4) is 0 Å². The van der Waals surface area contributed by atoms with Crippen LogP contribution in [0.2, 0.25) is 0 Å². The zero-order valence-electron chi connectivity index (χ0n) is 14.9. The minimum absolute atomic E-state index is 0.0508. The fourth-order valence-corrected chi connectivity index (χ4v) is 3.31. The molecule has 1 aromatic carbocycles. The maximum absolute atomic E-state index is 12.2. The molecule has 0 unspecified atom stereocenters. The minimum atomic E-state index is 0.0508. The quantitative estimate of drug-likeness (QED) is 0.741. The molecule has 0 radical (unpaired) electrons. The molecule has 0 aliphatic heterocycles. The van der Waals surface area contributed by atoms with Gasteiger partial charge < -0.3 is 14.9 Å². The number of hydrogen-bond acceptors (Lipinski definition) is 1. The first-order valence-electron chi connectivity index (χ1n) is 8.46. The summed E-state index contributed by atoms with van der Waals surface area (Å²) < 4.78 is 1.96. The topological polar surface area (TPSA) is 49.8 Å². The van der Waals surface area contributed by atoms with Gasteiger partial charge in [-0.1, -0.05) is 18.6 Å². The van der Waals surface area contributed by atoms with E-state index >= 15 is 0 Å². The van der Waals surface area contributed by atoms with Crippen LogP contribution in [0.5, 0.6) is 0 Å². The van der Waals surface area contributed by atoms with Gasteiger partial charge >= 0.3 is 0 Å². The number of aromatic nitrogens is 2. The van der Waals surface area contributed by atoms with Crippen molar-refractivity contribution >= 4 is 16.8 Å². The van der Waals surface area contributed by atoms with E-state index in [9.17, 15) is 4.79 Å². The number of nitrogens with zero attached hydrogens (tertiary/aromatic N) is 1. The van der Waals surface area contributed by atoms with E-state index in [1.807, 2.05) is 30.1 Å². The van der Waals surface area contributed by atoms with Gasteiger partial charge in [-0.15, -0.1) is 0 Å². The Morgan fingerprint density at radius 2 is 2.08 bits per heavy atom. The van der Waals surface area contributed by atoms with Crippen LogP contribution in [0.15, 0.2) is 30.6 Å². The Bertz CT molecular complexity index is 886. The van der Waals surface area contributed by atoms with Crippen LogP contribution >= 0.6 is 0 Å². The fraction of sp³-hybridized carbons (Fsp3) is 0.350. The molecule has 0 saturated heterocycles. The van der Waals surface area contributed by atoms with Gasteiger partial charge in [-0.3, -0.25) is 4.79 Å². The van der Waals surface area contributed by atoms with Crippen molar-refractivity contribution in [2.75, 3.05) is 0 Å². The largest absolute Gasteiger partial charge is 0.358 e. The average Bonchev–Trinajstić information content (AvgIpc) is 3.09. The summed E-state index contributed by atoms with van der Waals surface area (Å²) in [6, 6.07) is 6.35. The molecule has 4 nitrogen and oxygen atoms in total. The summed E-state index contributed by atoms with van der Waals surface area (Å²) in [5.41, 5.74) is 7.14. The predicted molar refractivity (Wildman–Crippen MR) is 98.1 cm³/mol. The Balaban J connectivity index is 1.78. The van der Waals surface area contributed by atoms with Crippen molar-refractivity contribution in [3.63, 3.8) is 0 Å². The van der Waals surface area contributed by atoms with Crippen molar-refractivity contribution in [2.45, 2.75) is 40.2 Å². The molecule has 0 spiro atoms. The van der Waals surface area contributed by atoms with Crippen LogP contribution in [0.4, 0.5) is 0 Å². The van der Waals surface area contributed by atoms with E-state index in [1.165, 1.54) is 22.2 Å².